The van der Waals surface area contributed by atoms with Gasteiger partial charge in [0, 0.05) is 10.9 Å². The van der Waals surface area contributed by atoms with Crippen LogP contribution in [0.25, 0.3) is 22.3 Å². The molecule has 2 N–H and O–H groups in total. The quantitative estimate of drug-likeness (QED) is 0.557. The maximum atomic E-state index is 12.0. The first-order valence-corrected chi connectivity index (χ1v) is 9.63. The molecule has 1 aromatic heterocycles. The zero-order valence-electron chi connectivity index (χ0n) is 15.9. The normalized spacial score (nSPS) is 11.1. The molecule has 1 heterocycles. The molecule has 0 saturated carbocycles. The van der Waals surface area contributed by atoms with Crippen LogP contribution in [-0.4, -0.2) is 22.8 Å². The molecule has 0 aliphatic heterocycles. The van der Waals surface area contributed by atoms with Crippen LogP contribution in [-0.2, 0) is 4.74 Å². The molecular weight excluding hydrogens is 374 g/mol. The van der Waals surface area contributed by atoms with Gasteiger partial charge in [-0.25, -0.2) is 9.59 Å². The molecule has 0 aliphatic rings. The molecule has 28 heavy (non-hydrogen) atoms. The second-order valence-corrected chi connectivity index (χ2v) is 8.11. The highest BCUT2D eigenvalue weighted by molar-refractivity contribution is 7.15. The van der Waals surface area contributed by atoms with Crippen molar-refractivity contribution >= 4 is 28.4 Å². The number of carboxylic acid groups (broad SMARTS) is 1. The fourth-order valence-corrected chi connectivity index (χ4v) is 3.69. The zero-order valence-corrected chi connectivity index (χ0v) is 16.7. The van der Waals surface area contributed by atoms with Crippen LogP contribution in [0.2, 0.25) is 0 Å². The number of benzene rings is 2. The van der Waals surface area contributed by atoms with Gasteiger partial charge in [0.2, 0.25) is 0 Å². The molecule has 6 heteroatoms. The van der Waals surface area contributed by atoms with Gasteiger partial charge in [0.15, 0.2) is 0 Å². The van der Waals surface area contributed by atoms with Crippen molar-refractivity contribution in [1.82, 2.24) is 0 Å². The number of hydrogen-bond donors (Lipinski definition) is 2. The molecule has 0 saturated heterocycles. The lowest BCUT2D eigenvalue weighted by molar-refractivity contribution is 0.0636. The van der Waals surface area contributed by atoms with Crippen molar-refractivity contribution in [2.75, 3.05) is 5.32 Å². The van der Waals surface area contributed by atoms with Crippen LogP contribution in [0.5, 0.6) is 0 Å². The lowest BCUT2D eigenvalue weighted by atomic mass is 9.99. The van der Waals surface area contributed by atoms with Crippen molar-refractivity contribution in [3.05, 3.63) is 65.5 Å². The largest absolute Gasteiger partial charge is 0.478 e. The summed E-state index contributed by atoms with van der Waals surface area (Å²) in [4.78, 5) is 23.9. The molecule has 5 nitrogen and oxygen atoms in total. The molecule has 0 unspecified atom stereocenters. The fourth-order valence-electron chi connectivity index (χ4n) is 2.74. The zero-order chi connectivity index (χ0) is 20.3. The van der Waals surface area contributed by atoms with E-state index in [1.54, 1.807) is 26.2 Å². The maximum Gasteiger partial charge on any atom is 0.412 e. The lowest BCUT2D eigenvalue weighted by Gasteiger charge is -2.19. The lowest BCUT2D eigenvalue weighted by Crippen LogP contribution is -2.27. The smallest absolute Gasteiger partial charge is 0.412 e. The SMILES string of the molecule is CC(C)(C)OC(=O)Nc1scc(-c2ccc(-c3ccccc3)cc2)c1C(=O)O. The van der Waals surface area contributed by atoms with Gasteiger partial charge >= 0.3 is 12.1 Å². The summed E-state index contributed by atoms with van der Waals surface area (Å²) in [5, 5.41) is 14.2. The van der Waals surface area contributed by atoms with Crippen LogP contribution in [0.1, 0.15) is 31.1 Å². The summed E-state index contributed by atoms with van der Waals surface area (Å²) in [5.74, 6) is -1.10. The third kappa shape index (κ3) is 4.58. The molecule has 0 spiro atoms. The van der Waals surface area contributed by atoms with Gasteiger partial charge in [-0.15, -0.1) is 11.3 Å². The minimum atomic E-state index is -1.10. The number of hydrogen-bond acceptors (Lipinski definition) is 4. The highest BCUT2D eigenvalue weighted by atomic mass is 32.1. The van der Waals surface area contributed by atoms with E-state index < -0.39 is 17.7 Å². The summed E-state index contributed by atoms with van der Waals surface area (Å²) < 4.78 is 5.22. The van der Waals surface area contributed by atoms with Gasteiger partial charge in [0.05, 0.1) is 0 Å². The third-order valence-corrected chi connectivity index (χ3v) is 4.82. The minimum Gasteiger partial charge on any atom is -0.478 e. The van der Waals surface area contributed by atoms with Gasteiger partial charge in [-0.05, 0) is 37.5 Å². The van der Waals surface area contributed by atoms with E-state index in [1.807, 2.05) is 54.6 Å². The monoisotopic (exact) mass is 395 g/mol. The Morgan fingerprint density at radius 1 is 0.929 bits per heavy atom. The molecule has 3 aromatic rings. The van der Waals surface area contributed by atoms with Gasteiger partial charge < -0.3 is 9.84 Å². The van der Waals surface area contributed by atoms with Crippen LogP contribution in [0.15, 0.2) is 60.0 Å². The molecule has 0 radical (unpaired) electrons. The van der Waals surface area contributed by atoms with E-state index in [-0.39, 0.29) is 10.6 Å². The number of anilines is 1. The van der Waals surface area contributed by atoms with Crippen molar-refractivity contribution in [2.45, 2.75) is 26.4 Å². The van der Waals surface area contributed by atoms with Gasteiger partial charge in [-0.2, -0.15) is 0 Å². The Hall–Kier alpha value is -3.12. The Bertz CT molecular complexity index is 986. The average Bonchev–Trinajstić information content (AvgIpc) is 3.04. The number of carbonyl (C=O) groups is 2. The number of carboxylic acids is 1. The Labute approximate surface area is 167 Å². The van der Waals surface area contributed by atoms with Crippen molar-refractivity contribution in [3.8, 4) is 22.3 Å². The predicted molar refractivity (Wildman–Crippen MR) is 112 cm³/mol. The molecule has 0 aliphatic carbocycles. The summed E-state index contributed by atoms with van der Waals surface area (Å²) in [6.45, 7) is 5.25. The molecule has 0 fully saturated rings. The molecule has 0 atom stereocenters. The molecule has 1 amide bonds. The van der Waals surface area contributed by atoms with E-state index in [0.717, 1.165) is 28.0 Å². The van der Waals surface area contributed by atoms with Crippen LogP contribution in [0, 0.1) is 0 Å². The van der Waals surface area contributed by atoms with Crippen molar-refractivity contribution < 1.29 is 19.4 Å². The van der Waals surface area contributed by atoms with E-state index in [2.05, 4.69) is 5.32 Å². The van der Waals surface area contributed by atoms with Gasteiger partial charge in [0.1, 0.15) is 16.2 Å². The molecule has 2 aromatic carbocycles. The average molecular weight is 395 g/mol. The molecule has 144 valence electrons. The number of amides is 1. The molecule has 3 rings (SSSR count). The third-order valence-electron chi connectivity index (χ3n) is 3.92. The van der Waals surface area contributed by atoms with Gasteiger partial charge in [0.25, 0.3) is 0 Å². The number of rotatable bonds is 4. The Balaban J connectivity index is 1.89. The summed E-state index contributed by atoms with van der Waals surface area (Å²) in [6, 6.07) is 17.6. The summed E-state index contributed by atoms with van der Waals surface area (Å²) in [5.41, 5.74) is 2.85. The highest BCUT2D eigenvalue weighted by Gasteiger charge is 2.23. The van der Waals surface area contributed by atoms with E-state index in [4.69, 9.17) is 4.74 Å². The molecule has 0 bridgehead atoms. The van der Waals surface area contributed by atoms with Crippen LogP contribution in [0.4, 0.5) is 9.80 Å². The number of thiophene rings is 1. The van der Waals surface area contributed by atoms with E-state index in [9.17, 15) is 14.7 Å². The summed E-state index contributed by atoms with van der Waals surface area (Å²) in [7, 11) is 0. The van der Waals surface area contributed by atoms with Crippen LogP contribution >= 0.6 is 11.3 Å². The van der Waals surface area contributed by atoms with Crippen LogP contribution in [0.3, 0.4) is 0 Å². The van der Waals surface area contributed by atoms with E-state index in [1.165, 1.54) is 0 Å². The number of aromatic carboxylic acids is 1. The highest BCUT2D eigenvalue weighted by Crippen LogP contribution is 2.36. The Morgan fingerprint density at radius 3 is 2.07 bits per heavy atom. The fraction of sp³-hybridized carbons (Fsp3) is 0.182. The standard InChI is InChI=1S/C22H21NO4S/c1-22(2,3)27-21(26)23-19-18(20(24)25)17(13-28-19)16-11-9-15(10-12-16)14-7-5-4-6-8-14/h4-13H,1-3H3,(H,23,26)(H,24,25). The second-order valence-electron chi connectivity index (χ2n) is 7.23. The topological polar surface area (TPSA) is 75.6 Å². The second kappa shape index (κ2) is 7.86. The van der Waals surface area contributed by atoms with Crippen molar-refractivity contribution in [1.29, 1.82) is 0 Å². The summed E-state index contributed by atoms with van der Waals surface area (Å²) >= 11 is 1.16. The Morgan fingerprint density at radius 2 is 1.50 bits per heavy atom. The number of carbonyl (C=O) groups excluding carboxylic acids is 1. The summed E-state index contributed by atoms with van der Waals surface area (Å²) in [6.07, 6.45) is -0.678. The van der Waals surface area contributed by atoms with Crippen molar-refractivity contribution in [3.63, 3.8) is 0 Å². The first kappa shape index (κ1) is 19.6. The Kier molecular flexibility index (Phi) is 5.51. The van der Waals surface area contributed by atoms with Gasteiger partial charge in [-0.1, -0.05) is 54.6 Å². The van der Waals surface area contributed by atoms with Gasteiger partial charge in [-0.3, -0.25) is 5.32 Å². The first-order chi connectivity index (χ1) is 13.2. The van der Waals surface area contributed by atoms with E-state index in [0.29, 0.717) is 5.56 Å². The predicted octanol–water partition coefficient (Wildman–Crippen LogP) is 6.13. The minimum absolute atomic E-state index is 0.0586. The van der Waals surface area contributed by atoms with E-state index >= 15 is 0 Å². The van der Waals surface area contributed by atoms with Crippen LogP contribution < -0.4 is 5.32 Å². The number of nitrogens with one attached hydrogen (secondary N) is 1. The number of ether oxygens (including phenoxy) is 1. The first-order valence-electron chi connectivity index (χ1n) is 8.75. The molecular formula is C22H21NO4S. The maximum absolute atomic E-state index is 12.0. The van der Waals surface area contributed by atoms with Crippen molar-refractivity contribution in [2.24, 2.45) is 0 Å².